The zero-order valence-electron chi connectivity index (χ0n) is 9.31. The quantitative estimate of drug-likeness (QED) is 0.625. The predicted molar refractivity (Wildman–Crippen MR) is 71.0 cm³/mol. The van der Waals surface area contributed by atoms with Crippen LogP contribution < -0.4 is 0 Å². The molecule has 0 aliphatic heterocycles. The first-order valence-electron chi connectivity index (χ1n) is 5.19. The highest BCUT2D eigenvalue weighted by molar-refractivity contribution is 9.10. The highest BCUT2D eigenvalue weighted by Crippen LogP contribution is 2.13. The molecule has 0 saturated heterocycles. The molecule has 0 amide bonds. The zero-order valence-corrected chi connectivity index (χ0v) is 10.9. The van der Waals surface area contributed by atoms with E-state index in [1.807, 2.05) is 31.2 Å². The molecule has 2 nitrogen and oxygen atoms in total. The van der Waals surface area contributed by atoms with Crippen LogP contribution in [0.1, 0.15) is 21.9 Å². The molecule has 0 fully saturated rings. The number of benzene rings is 1. The number of carbonyl (C=O) groups excluding carboxylic acids is 1. The van der Waals surface area contributed by atoms with Crippen molar-refractivity contribution in [3.05, 3.63) is 64.0 Å². The smallest absolute Gasteiger partial charge is 0.186 e. The van der Waals surface area contributed by atoms with Gasteiger partial charge in [0.2, 0.25) is 0 Å². The molecular formula is C14H11BrO2. The number of halogens is 1. The highest BCUT2D eigenvalue weighted by atomic mass is 79.9. The van der Waals surface area contributed by atoms with Gasteiger partial charge < -0.3 is 4.42 Å². The van der Waals surface area contributed by atoms with Crippen LogP contribution in [0.5, 0.6) is 0 Å². The third-order valence-electron chi connectivity index (χ3n) is 2.27. The Morgan fingerprint density at radius 1 is 1.29 bits per heavy atom. The highest BCUT2D eigenvalue weighted by Gasteiger charge is 2.02. The van der Waals surface area contributed by atoms with Gasteiger partial charge >= 0.3 is 0 Å². The van der Waals surface area contributed by atoms with Gasteiger partial charge in [0.1, 0.15) is 11.5 Å². The van der Waals surface area contributed by atoms with Crippen molar-refractivity contribution < 1.29 is 9.21 Å². The number of aryl methyl sites for hydroxylation is 1. The van der Waals surface area contributed by atoms with E-state index in [-0.39, 0.29) is 5.78 Å². The zero-order chi connectivity index (χ0) is 12.3. The summed E-state index contributed by atoms with van der Waals surface area (Å²) in [5.74, 6) is 1.48. The fraction of sp³-hybridized carbons (Fsp3) is 0.0714. The normalized spacial score (nSPS) is 10.9. The maximum absolute atomic E-state index is 11.8. The van der Waals surface area contributed by atoms with Crippen LogP contribution in [0.2, 0.25) is 0 Å². The first-order valence-corrected chi connectivity index (χ1v) is 5.99. The first kappa shape index (κ1) is 11.9. The van der Waals surface area contributed by atoms with E-state index < -0.39 is 0 Å². The molecule has 17 heavy (non-hydrogen) atoms. The minimum absolute atomic E-state index is 0.0413. The third kappa shape index (κ3) is 3.17. The topological polar surface area (TPSA) is 30.2 Å². The van der Waals surface area contributed by atoms with Crippen LogP contribution in [0.25, 0.3) is 6.08 Å². The molecule has 0 bridgehead atoms. The largest absolute Gasteiger partial charge is 0.462 e. The number of furan rings is 1. The van der Waals surface area contributed by atoms with Crippen LogP contribution in [0.15, 0.2) is 51.4 Å². The maximum atomic E-state index is 11.8. The summed E-state index contributed by atoms with van der Waals surface area (Å²) in [6, 6.07) is 11.0. The van der Waals surface area contributed by atoms with Gasteiger partial charge in [0.15, 0.2) is 5.78 Å². The molecule has 2 rings (SSSR count). The molecule has 86 valence electrons. The van der Waals surface area contributed by atoms with Gasteiger partial charge in [-0.2, -0.15) is 0 Å². The van der Waals surface area contributed by atoms with Gasteiger partial charge in [-0.15, -0.1) is 0 Å². The molecule has 0 radical (unpaired) electrons. The van der Waals surface area contributed by atoms with Gasteiger partial charge in [-0.25, -0.2) is 0 Å². The van der Waals surface area contributed by atoms with Crippen LogP contribution in [0.4, 0.5) is 0 Å². The minimum Gasteiger partial charge on any atom is -0.462 e. The molecule has 0 aliphatic carbocycles. The lowest BCUT2D eigenvalue weighted by molar-refractivity contribution is 0.104. The van der Waals surface area contributed by atoms with E-state index in [0.29, 0.717) is 11.3 Å². The van der Waals surface area contributed by atoms with Crippen LogP contribution in [0, 0.1) is 6.92 Å². The van der Waals surface area contributed by atoms with Crippen molar-refractivity contribution in [1.29, 1.82) is 0 Å². The lowest BCUT2D eigenvalue weighted by atomic mass is 10.1. The van der Waals surface area contributed by atoms with Gasteiger partial charge in [0.25, 0.3) is 0 Å². The Balaban J connectivity index is 2.14. The number of carbonyl (C=O) groups is 1. The Morgan fingerprint density at radius 3 is 2.76 bits per heavy atom. The van der Waals surface area contributed by atoms with E-state index in [1.54, 1.807) is 18.2 Å². The fourth-order valence-electron chi connectivity index (χ4n) is 1.44. The van der Waals surface area contributed by atoms with Crippen molar-refractivity contribution in [2.75, 3.05) is 0 Å². The van der Waals surface area contributed by atoms with Gasteiger partial charge in [-0.1, -0.05) is 28.1 Å². The molecule has 1 heterocycles. The lowest BCUT2D eigenvalue weighted by Gasteiger charge is -1.95. The van der Waals surface area contributed by atoms with Crippen molar-refractivity contribution in [1.82, 2.24) is 0 Å². The summed E-state index contributed by atoms with van der Waals surface area (Å²) in [7, 11) is 0. The van der Waals surface area contributed by atoms with E-state index in [0.717, 1.165) is 10.2 Å². The van der Waals surface area contributed by atoms with Crippen molar-refractivity contribution in [3.63, 3.8) is 0 Å². The Bertz CT molecular complexity index is 567. The Kier molecular flexibility index (Phi) is 3.59. The molecule has 1 aromatic carbocycles. The molecule has 0 spiro atoms. The molecule has 0 aliphatic rings. The third-order valence-corrected chi connectivity index (χ3v) is 2.76. The standard InChI is InChI=1S/C14H11BrO2/c1-10-5-6-13(17-10)7-8-14(16)11-3-2-4-12(15)9-11/h2-9H,1H3/b8-7+. The van der Waals surface area contributed by atoms with Crippen LogP contribution in [0.3, 0.4) is 0 Å². The molecule has 0 N–H and O–H groups in total. The molecule has 0 saturated carbocycles. The molecule has 1 aromatic heterocycles. The second-order valence-corrected chi connectivity index (χ2v) is 4.57. The number of hydrogen-bond acceptors (Lipinski definition) is 2. The van der Waals surface area contributed by atoms with Crippen LogP contribution in [-0.4, -0.2) is 5.78 Å². The predicted octanol–water partition coefficient (Wildman–Crippen LogP) is 4.25. The summed E-state index contributed by atoms with van der Waals surface area (Å²) >= 11 is 3.33. The van der Waals surface area contributed by atoms with Gasteiger partial charge in [-0.3, -0.25) is 4.79 Å². The number of hydrogen-bond donors (Lipinski definition) is 0. The van der Waals surface area contributed by atoms with E-state index >= 15 is 0 Å². The molecule has 3 heteroatoms. The summed E-state index contributed by atoms with van der Waals surface area (Å²) in [4.78, 5) is 11.8. The minimum atomic E-state index is -0.0413. The summed E-state index contributed by atoms with van der Waals surface area (Å²) < 4.78 is 6.24. The van der Waals surface area contributed by atoms with Crippen molar-refractivity contribution in [2.24, 2.45) is 0 Å². The van der Waals surface area contributed by atoms with Gasteiger partial charge in [-0.05, 0) is 43.3 Å². The number of rotatable bonds is 3. The Hall–Kier alpha value is -1.61. The summed E-state index contributed by atoms with van der Waals surface area (Å²) in [5, 5.41) is 0. The Morgan fingerprint density at radius 2 is 2.12 bits per heavy atom. The van der Waals surface area contributed by atoms with E-state index in [1.165, 1.54) is 6.08 Å². The summed E-state index contributed by atoms with van der Waals surface area (Å²) in [6.07, 6.45) is 3.19. The van der Waals surface area contributed by atoms with Crippen LogP contribution in [-0.2, 0) is 0 Å². The number of ketones is 1. The maximum Gasteiger partial charge on any atom is 0.186 e. The second kappa shape index (κ2) is 5.15. The van der Waals surface area contributed by atoms with E-state index in [9.17, 15) is 4.79 Å². The van der Waals surface area contributed by atoms with Crippen molar-refractivity contribution in [2.45, 2.75) is 6.92 Å². The summed E-state index contributed by atoms with van der Waals surface area (Å²) in [6.45, 7) is 1.87. The molecule has 0 unspecified atom stereocenters. The van der Waals surface area contributed by atoms with Gasteiger partial charge in [0, 0.05) is 10.0 Å². The monoisotopic (exact) mass is 290 g/mol. The number of allylic oxidation sites excluding steroid dienone is 1. The second-order valence-electron chi connectivity index (χ2n) is 3.66. The van der Waals surface area contributed by atoms with Crippen molar-refractivity contribution in [3.8, 4) is 0 Å². The SMILES string of the molecule is Cc1ccc(/C=C/C(=O)c2cccc(Br)c2)o1. The molecule has 2 aromatic rings. The van der Waals surface area contributed by atoms with Crippen LogP contribution >= 0.6 is 15.9 Å². The average Bonchev–Trinajstić information content (AvgIpc) is 2.72. The van der Waals surface area contributed by atoms with Crippen molar-refractivity contribution >= 4 is 27.8 Å². The Labute approximate surface area is 108 Å². The lowest BCUT2D eigenvalue weighted by Crippen LogP contribution is -1.93. The van der Waals surface area contributed by atoms with Gasteiger partial charge in [0.05, 0.1) is 0 Å². The van der Waals surface area contributed by atoms with E-state index in [4.69, 9.17) is 4.42 Å². The molecule has 0 atom stereocenters. The summed E-state index contributed by atoms with van der Waals surface area (Å²) in [5.41, 5.74) is 0.652. The van der Waals surface area contributed by atoms with E-state index in [2.05, 4.69) is 15.9 Å². The average molecular weight is 291 g/mol. The first-order chi connectivity index (χ1) is 8.15. The molecular weight excluding hydrogens is 280 g/mol. The fourth-order valence-corrected chi connectivity index (χ4v) is 1.84.